The van der Waals surface area contributed by atoms with E-state index in [0.29, 0.717) is 23.7 Å². The maximum Gasteiger partial charge on any atom is 0.130 e. The zero-order valence-electron chi connectivity index (χ0n) is 10.5. The van der Waals surface area contributed by atoms with Gasteiger partial charge in [-0.3, -0.25) is 0 Å². The van der Waals surface area contributed by atoms with E-state index in [2.05, 4.69) is 5.32 Å². The van der Waals surface area contributed by atoms with Crippen molar-refractivity contribution in [1.82, 2.24) is 5.32 Å². The fourth-order valence-electron chi connectivity index (χ4n) is 1.85. The Balaban J connectivity index is 1.96. The molecule has 0 aliphatic heterocycles. The van der Waals surface area contributed by atoms with Crippen molar-refractivity contribution < 1.29 is 8.78 Å². The molecule has 0 unspecified atom stereocenters. The summed E-state index contributed by atoms with van der Waals surface area (Å²) in [4.78, 5) is 0. The van der Waals surface area contributed by atoms with Crippen molar-refractivity contribution in [1.29, 1.82) is 0 Å². The summed E-state index contributed by atoms with van der Waals surface area (Å²) in [5, 5.41) is 3.83. The predicted molar refractivity (Wildman–Crippen MR) is 73.1 cm³/mol. The minimum absolute atomic E-state index is 0.355. The fourth-order valence-corrected chi connectivity index (χ4v) is 2.08. The molecule has 2 aromatic rings. The van der Waals surface area contributed by atoms with Gasteiger partial charge in [0, 0.05) is 29.7 Å². The lowest BCUT2D eigenvalue weighted by atomic mass is 10.1. The average Bonchev–Trinajstić information content (AvgIpc) is 2.34. The lowest BCUT2D eigenvalue weighted by molar-refractivity contribution is 0.560. The Morgan fingerprint density at radius 1 is 1.00 bits per heavy atom. The Morgan fingerprint density at radius 2 is 1.68 bits per heavy atom. The first kappa shape index (κ1) is 14.0. The van der Waals surface area contributed by atoms with Gasteiger partial charge in [0.05, 0.1) is 0 Å². The van der Waals surface area contributed by atoms with Crippen LogP contribution in [0.15, 0.2) is 36.4 Å². The van der Waals surface area contributed by atoms with E-state index in [0.717, 1.165) is 17.2 Å². The van der Waals surface area contributed by atoms with Gasteiger partial charge in [0.2, 0.25) is 0 Å². The summed E-state index contributed by atoms with van der Waals surface area (Å²) in [6.07, 6.45) is 0. The SMILES string of the molecule is Cc1cc(Cl)ccc1CNCc1ccc(F)cc1F. The Labute approximate surface area is 116 Å². The largest absolute Gasteiger partial charge is 0.309 e. The van der Waals surface area contributed by atoms with Crippen LogP contribution >= 0.6 is 11.6 Å². The predicted octanol–water partition coefficient (Wildman–Crippen LogP) is 4.22. The summed E-state index contributed by atoms with van der Waals surface area (Å²) in [5.74, 6) is -1.09. The lowest BCUT2D eigenvalue weighted by Crippen LogP contribution is -2.14. The van der Waals surface area contributed by atoms with Crippen LogP contribution in [-0.2, 0) is 13.1 Å². The maximum atomic E-state index is 13.4. The summed E-state index contributed by atoms with van der Waals surface area (Å²) >= 11 is 5.88. The molecule has 0 fully saturated rings. The lowest BCUT2D eigenvalue weighted by Gasteiger charge is -2.09. The van der Waals surface area contributed by atoms with Crippen LogP contribution in [0.3, 0.4) is 0 Å². The highest BCUT2D eigenvalue weighted by Crippen LogP contribution is 2.15. The average molecular weight is 282 g/mol. The third-order valence-corrected chi connectivity index (χ3v) is 3.19. The van der Waals surface area contributed by atoms with Crippen LogP contribution in [0.5, 0.6) is 0 Å². The van der Waals surface area contributed by atoms with Gasteiger partial charge in [-0.15, -0.1) is 0 Å². The number of aryl methyl sites for hydroxylation is 1. The van der Waals surface area contributed by atoms with Gasteiger partial charge in [0.25, 0.3) is 0 Å². The highest BCUT2D eigenvalue weighted by molar-refractivity contribution is 6.30. The first-order valence-electron chi connectivity index (χ1n) is 5.96. The molecule has 100 valence electrons. The molecule has 0 bridgehead atoms. The van der Waals surface area contributed by atoms with E-state index < -0.39 is 11.6 Å². The van der Waals surface area contributed by atoms with Crippen molar-refractivity contribution in [2.45, 2.75) is 20.0 Å². The van der Waals surface area contributed by atoms with Crippen LogP contribution in [0.4, 0.5) is 8.78 Å². The third-order valence-electron chi connectivity index (χ3n) is 2.95. The van der Waals surface area contributed by atoms with Gasteiger partial charge in [-0.1, -0.05) is 23.7 Å². The summed E-state index contributed by atoms with van der Waals surface area (Å²) in [5.41, 5.74) is 2.64. The molecule has 1 N–H and O–H groups in total. The Kier molecular flexibility index (Phi) is 4.51. The molecule has 0 atom stereocenters. The van der Waals surface area contributed by atoms with E-state index in [1.165, 1.54) is 12.1 Å². The number of hydrogen-bond acceptors (Lipinski definition) is 1. The fraction of sp³-hybridized carbons (Fsp3) is 0.200. The van der Waals surface area contributed by atoms with E-state index in [-0.39, 0.29) is 0 Å². The molecule has 0 heterocycles. The zero-order chi connectivity index (χ0) is 13.8. The summed E-state index contributed by atoms with van der Waals surface area (Å²) in [6, 6.07) is 9.25. The molecule has 0 saturated carbocycles. The van der Waals surface area contributed by atoms with Crippen LogP contribution in [0.1, 0.15) is 16.7 Å². The molecule has 0 radical (unpaired) electrons. The number of hydrogen-bond donors (Lipinski definition) is 1. The number of rotatable bonds is 4. The minimum atomic E-state index is -0.560. The molecular formula is C15H14ClF2N. The molecular weight excluding hydrogens is 268 g/mol. The molecule has 1 nitrogen and oxygen atoms in total. The maximum absolute atomic E-state index is 13.4. The summed E-state index contributed by atoms with van der Waals surface area (Å²) in [7, 11) is 0. The van der Waals surface area contributed by atoms with Crippen molar-refractivity contribution >= 4 is 11.6 Å². The molecule has 0 amide bonds. The standard InChI is InChI=1S/C15H14ClF2N/c1-10-6-13(16)4-2-11(10)8-19-9-12-3-5-14(17)7-15(12)18/h2-7,19H,8-9H2,1H3. The second-order valence-electron chi connectivity index (χ2n) is 4.41. The summed E-state index contributed by atoms with van der Waals surface area (Å²) in [6.45, 7) is 2.94. The van der Waals surface area contributed by atoms with Crippen molar-refractivity contribution in [3.63, 3.8) is 0 Å². The molecule has 0 aliphatic rings. The molecule has 0 spiro atoms. The molecule has 0 saturated heterocycles. The van der Waals surface area contributed by atoms with Gasteiger partial charge in [0.15, 0.2) is 0 Å². The van der Waals surface area contributed by atoms with E-state index in [4.69, 9.17) is 11.6 Å². The second-order valence-corrected chi connectivity index (χ2v) is 4.85. The highest BCUT2D eigenvalue weighted by Gasteiger charge is 2.04. The topological polar surface area (TPSA) is 12.0 Å². The van der Waals surface area contributed by atoms with Gasteiger partial charge in [-0.25, -0.2) is 8.78 Å². The first-order chi connectivity index (χ1) is 9.06. The van der Waals surface area contributed by atoms with E-state index >= 15 is 0 Å². The Hall–Kier alpha value is -1.45. The number of nitrogens with one attached hydrogen (secondary N) is 1. The van der Waals surface area contributed by atoms with Crippen LogP contribution in [0, 0.1) is 18.6 Å². The Morgan fingerprint density at radius 3 is 2.37 bits per heavy atom. The molecule has 0 aliphatic carbocycles. The Bertz CT molecular complexity index is 533. The number of halogens is 3. The van der Waals surface area contributed by atoms with Crippen molar-refractivity contribution in [3.8, 4) is 0 Å². The summed E-state index contributed by atoms with van der Waals surface area (Å²) < 4.78 is 26.2. The third kappa shape index (κ3) is 3.75. The van der Waals surface area contributed by atoms with Crippen LogP contribution < -0.4 is 5.32 Å². The minimum Gasteiger partial charge on any atom is -0.309 e. The normalized spacial score (nSPS) is 10.7. The van der Waals surface area contributed by atoms with Crippen molar-refractivity contribution in [3.05, 3.63) is 69.7 Å². The molecule has 19 heavy (non-hydrogen) atoms. The van der Waals surface area contributed by atoms with Crippen LogP contribution in [0.2, 0.25) is 5.02 Å². The van der Waals surface area contributed by atoms with Gasteiger partial charge in [-0.05, 0) is 36.2 Å². The molecule has 0 aromatic heterocycles. The zero-order valence-corrected chi connectivity index (χ0v) is 11.3. The van der Waals surface area contributed by atoms with E-state index in [9.17, 15) is 8.78 Å². The van der Waals surface area contributed by atoms with Crippen LogP contribution in [0.25, 0.3) is 0 Å². The smallest absolute Gasteiger partial charge is 0.130 e. The van der Waals surface area contributed by atoms with Crippen molar-refractivity contribution in [2.75, 3.05) is 0 Å². The second kappa shape index (κ2) is 6.13. The van der Waals surface area contributed by atoms with Crippen molar-refractivity contribution in [2.24, 2.45) is 0 Å². The van der Waals surface area contributed by atoms with Gasteiger partial charge >= 0.3 is 0 Å². The van der Waals surface area contributed by atoms with Crippen LogP contribution in [-0.4, -0.2) is 0 Å². The molecule has 2 aromatic carbocycles. The van der Waals surface area contributed by atoms with Gasteiger partial charge in [-0.2, -0.15) is 0 Å². The quantitative estimate of drug-likeness (QED) is 0.885. The monoisotopic (exact) mass is 281 g/mol. The number of benzene rings is 2. The van der Waals surface area contributed by atoms with Gasteiger partial charge < -0.3 is 5.32 Å². The highest BCUT2D eigenvalue weighted by atomic mass is 35.5. The van der Waals surface area contributed by atoms with Gasteiger partial charge in [0.1, 0.15) is 11.6 Å². The van der Waals surface area contributed by atoms with E-state index in [1.54, 1.807) is 0 Å². The van der Waals surface area contributed by atoms with E-state index in [1.807, 2.05) is 25.1 Å². The molecule has 4 heteroatoms. The molecule has 2 rings (SSSR count). The first-order valence-corrected chi connectivity index (χ1v) is 6.34.